The van der Waals surface area contributed by atoms with E-state index in [9.17, 15) is 5.11 Å². The van der Waals surface area contributed by atoms with Crippen molar-refractivity contribution in [3.63, 3.8) is 0 Å². The lowest BCUT2D eigenvalue weighted by Gasteiger charge is -2.23. The fraction of sp³-hybridized carbons (Fsp3) is 0.733. The molecule has 2 heterocycles. The zero-order valence-corrected chi connectivity index (χ0v) is 15.2. The first-order valence-corrected chi connectivity index (χ1v) is 9.82. The van der Waals surface area contributed by atoms with Gasteiger partial charge in [-0.25, -0.2) is 9.98 Å². The number of hydrogen-bond acceptors (Lipinski definition) is 5. The molecule has 1 aliphatic rings. The Labute approximate surface area is 141 Å². The molecule has 0 bridgehead atoms. The van der Waals surface area contributed by atoms with Crippen molar-refractivity contribution in [3.05, 3.63) is 16.1 Å². The number of nitrogens with one attached hydrogen (secondary N) is 2. The number of rotatable bonds is 6. The number of nitrogens with zero attached hydrogens (tertiary/aromatic N) is 2. The minimum Gasteiger partial charge on any atom is -0.387 e. The number of thioether (sulfide) groups is 1. The second-order valence-electron chi connectivity index (χ2n) is 5.90. The van der Waals surface area contributed by atoms with Crippen LogP contribution in [0.5, 0.6) is 0 Å². The number of aliphatic hydroxyl groups is 1. The molecular weight excluding hydrogens is 316 g/mol. The van der Waals surface area contributed by atoms with Gasteiger partial charge in [-0.2, -0.15) is 11.8 Å². The van der Waals surface area contributed by atoms with Gasteiger partial charge in [-0.1, -0.05) is 13.8 Å². The molecule has 1 aliphatic heterocycles. The molecule has 7 heteroatoms. The van der Waals surface area contributed by atoms with Gasteiger partial charge in [0.05, 0.1) is 17.8 Å². The molecule has 1 saturated heterocycles. The van der Waals surface area contributed by atoms with E-state index in [1.54, 1.807) is 23.1 Å². The van der Waals surface area contributed by atoms with Gasteiger partial charge in [0.15, 0.2) is 5.96 Å². The molecule has 3 N–H and O–H groups in total. The lowest BCUT2D eigenvalue weighted by molar-refractivity contribution is 0.0724. The van der Waals surface area contributed by atoms with Crippen LogP contribution >= 0.6 is 23.1 Å². The minimum atomic E-state index is -0.604. The first-order valence-electron chi connectivity index (χ1n) is 7.79. The molecule has 0 aromatic carbocycles. The first-order chi connectivity index (χ1) is 10.5. The van der Waals surface area contributed by atoms with E-state index >= 15 is 0 Å². The van der Waals surface area contributed by atoms with Gasteiger partial charge >= 0.3 is 0 Å². The van der Waals surface area contributed by atoms with Crippen molar-refractivity contribution in [2.45, 2.75) is 45.3 Å². The van der Waals surface area contributed by atoms with E-state index in [2.05, 4.69) is 39.8 Å². The zero-order valence-electron chi connectivity index (χ0n) is 13.6. The standard InChI is InChI=1S/C15H26N4OS2/c1-4-16-14(18-9-15(20)5-6-21-10-15)17-7-13-19-12(8-22-13)11(2)3/h8,11,20H,4-7,9-10H2,1-3H3,(H2,16,17,18). The molecule has 1 aromatic heterocycles. The summed E-state index contributed by atoms with van der Waals surface area (Å²) in [5.41, 5.74) is 0.526. The van der Waals surface area contributed by atoms with E-state index in [0.29, 0.717) is 19.0 Å². The van der Waals surface area contributed by atoms with E-state index in [1.807, 2.05) is 6.92 Å². The highest BCUT2D eigenvalue weighted by molar-refractivity contribution is 7.99. The minimum absolute atomic E-state index is 0.453. The van der Waals surface area contributed by atoms with Gasteiger partial charge in [0.1, 0.15) is 5.01 Å². The van der Waals surface area contributed by atoms with Crippen LogP contribution in [0.25, 0.3) is 0 Å². The summed E-state index contributed by atoms with van der Waals surface area (Å²) in [6.45, 7) is 8.24. The van der Waals surface area contributed by atoms with Crippen LogP contribution in [-0.4, -0.2) is 46.2 Å². The molecule has 1 atom stereocenters. The van der Waals surface area contributed by atoms with Gasteiger partial charge in [0, 0.05) is 24.2 Å². The van der Waals surface area contributed by atoms with Gasteiger partial charge in [0.25, 0.3) is 0 Å². The van der Waals surface area contributed by atoms with E-state index in [-0.39, 0.29) is 0 Å². The van der Waals surface area contributed by atoms with Crippen LogP contribution in [-0.2, 0) is 6.54 Å². The van der Waals surface area contributed by atoms with E-state index < -0.39 is 5.60 Å². The van der Waals surface area contributed by atoms with Crippen molar-refractivity contribution in [3.8, 4) is 0 Å². The largest absolute Gasteiger partial charge is 0.387 e. The molecule has 0 amide bonds. The number of hydrogen-bond donors (Lipinski definition) is 3. The van der Waals surface area contributed by atoms with Crippen LogP contribution in [0, 0.1) is 0 Å². The number of aliphatic imine (C=N–C) groups is 1. The summed E-state index contributed by atoms with van der Waals surface area (Å²) in [5, 5.41) is 20.0. The molecular formula is C15H26N4OS2. The summed E-state index contributed by atoms with van der Waals surface area (Å²) in [7, 11) is 0. The van der Waals surface area contributed by atoms with Gasteiger partial charge in [-0.3, -0.25) is 0 Å². The highest BCUT2D eigenvalue weighted by Gasteiger charge is 2.31. The SMILES string of the molecule is CCNC(=NCc1nc(C(C)C)cs1)NCC1(O)CCSC1. The topological polar surface area (TPSA) is 69.5 Å². The average molecular weight is 343 g/mol. The van der Waals surface area contributed by atoms with Gasteiger partial charge in [0.2, 0.25) is 0 Å². The van der Waals surface area contributed by atoms with Crippen molar-refractivity contribution in [1.82, 2.24) is 15.6 Å². The summed E-state index contributed by atoms with van der Waals surface area (Å²) in [6.07, 6.45) is 0.842. The summed E-state index contributed by atoms with van der Waals surface area (Å²) in [4.78, 5) is 9.17. The Hall–Kier alpha value is -0.790. The fourth-order valence-electron chi connectivity index (χ4n) is 2.14. The molecule has 1 fully saturated rings. The highest BCUT2D eigenvalue weighted by Crippen LogP contribution is 2.26. The Morgan fingerprint density at radius 3 is 2.91 bits per heavy atom. The zero-order chi connectivity index (χ0) is 16.0. The lowest BCUT2D eigenvalue weighted by atomic mass is 10.0. The van der Waals surface area contributed by atoms with Crippen LogP contribution in [0.1, 0.15) is 43.8 Å². The number of thiazole rings is 1. The fourth-order valence-corrected chi connectivity index (χ4v) is 4.31. The van der Waals surface area contributed by atoms with Gasteiger partial charge in [-0.15, -0.1) is 11.3 Å². The van der Waals surface area contributed by atoms with Crippen LogP contribution in [0.4, 0.5) is 0 Å². The van der Waals surface area contributed by atoms with Gasteiger partial charge < -0.3 is 15.7 Å². The van der Waals surface area contributed by atoms with E-state index in [1.165, 1.54) is 0 Å². The molecule has 0 spiro atoms. The second kappa shape index (κ2) is 8.17. The summed E-state index contributed by atoms with van der Waals surface area (Å²) in [5.74, 6) is 3.02. The normalized spacial score (nSPS) is 22.3. The molecule has 0 saturated carbocycles. The van der Waals surface area contributed by atoms with Crippen LogP contribution in [0.3, 0.4) is 0 Å². The van der Waals surface area contributed by atoms with Crippen molar-refractivity contribution in [2.24, 2.45) is 4.99 Å². The van der Waals surface area contributed by atoms with Crippen molar-refractivity contribution in [1.29, 1.82) is 0 Å². The Kier molecular flexibility index (Phi) is 6.52. The Balaban J connectivity index is 1.91. The number of aromatic nitrogens is 1. The van der Waals surface area contributed by atoms with Crippen LogP contribution in [0.2, 0.25) is 0 Å². The third kappa shape index (κ3) is 5.14. The molecule has 5 nitrogen and oxygen atoms in total. The lowest BCUT2D eigenvalue weighted by Crippen LogP contribution is -2.47. The first kappa shape index (κ1) is 17.6. The third-order valence-corrected chi connectivity index (χ3v) is 5.63. The maximum absolute atomic E-state index is 10.4. The average Bonchev–Trinajstić information content (AvgIpc) is 3.11. The van der Waals surface area contributed by atoms with Crippen molar-refractivity contribution in [2.75, 3.05) is 24.6 Å². The van der Waals surface area contributed by atoms with E-state index in [4.69, 9.17) is 0 Å². The molecule has 22 heavy (non-hydrogen) atoms. The number of guanidine groups is 1. The summed E-state index contributed by atoms with van der Waals surface area (Å²) >= 11 is 3.46. The Morgan fingerprint density at radius 2 is 2.32 bits per heavy atom. The van der Waals surface area contributed by atoms with E-state index in [0.717, 1.165) is 41.1 Å². The molecule has 1 unspecified atom stereocenters. The smallest absolute Gasteiger partial charge is 0.191 e. The molecule has 0 radical (unpaired) electrons. The summed E-state index contributed by atoms with van der Waals surface area (Å²) in [6, 6.07) is 0. The quantitative estimate of drug-likeness (QED) is 0.546. The predicted octanol–water partition coefficient (Wildman–Crippen LogP) is 2.19. The molecule has 0 aliphatic carbocycles. The third-order valence-electron chi connectivity index (χ3n) is 3.55. The monoisotopic (exact) mass is 342 g/mol. The Bertz CT molecular complexity index is 495. The van der Waals surface area contributed by atoms with Gasteiger partial charge in [-0.05, 0) is 25.0 Å². The Morgan fingerprint density at radius 1 is 1.50 bits per heavy atom. The maximum atomic E-state index is 10.4. The van der Waals surface area contributed by atoms with Crippen LogP contribution in [0.15, 0.2) is 10.4 Å². The molecule has 1 aromatic rings. The summed E-state index contributed by atoms with van der Waals surface area (Å²) < 4.78 is 0. The molecule has 124 valence electrons. The highest BCUT2D eigenvalue weighted by atomic mass is 32.2. The predicted molar refractivity (Wildman–Crippen MR) is 95.9 cm³/mol. The molecule has 2 rings (SSSR count). The maximum Gasteiger partial charge on any atom is 0.191 e. The van der Waals surface area contributed by atoms with Crippen molar-refractivity contribution < 1.29 is 5.11 Å². The van der Waals surface area contributed by atoms with Crippen LogP contribution < -0.4 is 10.6 Å². The van der Waals surface area contributed by atoms with Crippen molar-refractivity contribution >= 4 is 29.1 Å². The second-order valence-corrected chi connectivity index (χ2v) is 7.94.